The van der Waals surface area contributed by atoms with Crippen molar-refractivity contribution in [2.24, 2.45) is 11.1 Å². The Labute approximate surface area is 162 Å². The number of nitrogens with one attached hydrogen (secondary N) is 1. The Morgan fingerprint density at radius 2 is 1.96 bits per heavy atom. The van der Waals surface area contributed by atoms with E-state index >= 15 is 0 Å². The van der Waals surface area contributed by atoms with Crippen LogP contribution in [-0.4, -0.2) is 47.0 Å². The van der Waals surface area contributed by atoms with Crippen LogP contribution in [0.4, 0.5) is 5.69 Å². The fourth-order valence-electron chi connectivity index (χ4n) is 3.93. The van der Waals surface area contributed by atoms with E-state index < -0.39 is 21.3 Å². The van der Waals surface area contributed by atoms with E-state index in [1.807, 2.05) is 0 Å². The van der Waals surface area contributed by atoms with Gasteiger partial charge in [0, 0.05) is 43.1 Å². The maximum atomic E-state index is 13.1. The summed E-state index contributed by atoms with van der Waals surface area (Å²) >= 11 is 0. The van der Waals surface area contributed by atoms with E-state index in [-0.39, 0.29) is 17.3 Å². The van der Waals surface area contributed by atoms with Crippen LogP contribution in [0.5, 0.6) is 0 Å². The molecule has 0 bridgehead atoms. The van der Waals surface area contributed by atoms with Crippen molar-refractivity contribution in [3.05, 3.63) is 35.9 Å². The summed E-state index contributed by atoms with van der Waals surface area (Å²) < 4.78 is 34.0. The third-order valence-electron chi connectivity index (χ3n) is 5.74. The summed E-state index contributed by atoms with van der Waals surface area (Å²) in [4.78, 5) is 26.0. The smallest absolute Gasteiger partial charge is 0.258 e. The molecule has 0 aliphatic carbocycles. The van der Waals surface area contributed by atoms with Crippen LogP contribution in [0.1, 0.15) is 23.2 Å². The largest absolute Gasteiger partial charge is 0.381 e. The quantitative estimate of drug-likeness (QED) is 0.772. The molecule has 0 radical (unpaired) electrons. The van der Waals surface area contributed by atoms with E-state index in [0.29, 0.717) is 48.1 Å². The highest BCUT2D eigenvalue weighted by atomic mass is 32.2. The number of rotatable bonds is 5. The first-order valence-electron chi connectivity index (χ1n) is 8.98. The normalized spacial score (nSPS) is 18.6. The monoisotopic (exact) mass is 403 g/mol. The number of primary amides is 1. The Balaban J connectivity index is 1.72. The van der Waals surface area contributed by atoms with Crippen LogP contribution in [0.15, 0.2) is 35.2 Å². The third-order valence-corrected chi connectivity index (χ3v) is 7.20. The highest BCUT2D eigenvalue weighted by molar-refractivity contribution is 7.89. The molecule has 2 amide bonds. The molecule has 148 valence electrons. The van der Waals surface area contributed by atoms with Gasteiger partial charge < -0.3 is 15.4 Å². The molecule has 0 atom stereocenters. The molecule has 2 aliphatic rings. The number of anilines is 1. The lowest BCUT2D eigenvalue weighted by Crippen LogP contribution is -2.49. The Morgan fingerprint density at radius 1 is 1.25 bits per heavy atom. The van der Waals surface area contributed by atoms with Crippen LogP contribution >= 0.6 is 0 Å². The number of ether oxygens (including phenoxy) is 1. The number of hydrogen-bond donors (Lipinski definition) is 2. The van der Waals surface area contributed by atoms with Gasteiger partial charge in [-0.3, -0.25) is 9.59 Å². The number of carbonyl (C=O) groups is 2. The zero-order valence-electron chi connectivity index (χ0n) is 15.4. The van der Waals surface area contributed by atoms with Gasteiger partial charge in [0.1, 0.15) is 0 Å². The molecule has 2 aliphatic heterocycles. The maximum Gasteiger partial charge on any atom is 0.258 e. The number of benzene rings is 2. The van der Waals surface area contributed by atoms with E-state index in [0.717, 1.165) is 0 Å². The highest BCUT2D eigenvalue weighted by Gasteiger charge is 2.40. The molecule has 4 rings (SSSR count). The minimum Gasteiger partial charge on any atom is -0.381 e. The van der Waals surface area contributed by atoms with Crippen molar-refractivity contribution in [3.8, 4) is 0 Å². The van der Waals surface area contributed by atoms with Gasteiger partial charge in [-0.15, -0.1) is 0 Å². The van der Waals surface area contributed by atoms with Crippen molar-refractivity contribution in [2.75, 3.05) is 31.7 Å². The molecular weight excluding hydrogens is 382 g/mol. The Bertz CT molecular complexity index is 1090. The Kier molecular flexibility index (Phi) is 4.40. The molecule has 1 saturated heterocycles. The fourth-order valence-corrected chi connectivity index (χ4v) is 5.26. The molecule has 2 aromatic rings. The lowest BCUT2D eigenvalue weighted by atomic mass is 9.80. The summed E-state index contributed by atoms with van der Waals surface area (Å²) in [6.45, 7) is 0.635. The minimum atomic E-state index is -3.93. The number of nitrogens with zero attached hydrogens (tertiary/aromatic N) is 1. The lowest BCUT2D eigenvalue weighted by Gasteiger charge is -2.34. The average Bonchev–Trinajstić information content (AvgIpc) is 2.94. The van der Waals surface area contributed by atoms with E-state index in [4.69, 9.17) is 10.5 Å². The van der Waals surface area contributed by atoms with Crippen LogP contribution in [0.25, 0.3) is 10.8 Å². The van der Waals surface area contributed by atoms with E-state index in [1.54, 1.807) is 31.3 Å². The molecule has 9 heteroatoms. The van der Waals surface area contributed by atoms with Crippen LogP contribution in [0, 0.1) is 5.41 Å². The molecule has 8 nitrogen and oxygen atoms in total. The Morgan fingerprint density at radius 3 is 2.64 bits per heavy atom. The zero-order valence-corrected chi connectivity index (χ0v) is 16.2. The molecule has 28 heavy (non-hydrogen) atoms. The van der Waals surface area contributed by atoms with Crippen LogP contribution in [0.2, 0.25) is 0 Å². The van der Waals surface area contributed by atoms with Gasteiger partial charge >= 0.3 is 0 Å². The van der Waals surface area contributed by atoms with Crippen molar-refractivity contribution in [2.45, 2.75) is 17.7 Å². The first-order valence-corrected chi connectivity index (χ1v) is 10.5. The van der Waals surface area contributed by atoms with Crippen LogP contribution in [0.3, 0.4) is 0 Å². The fraction of sp³-hybridized carbons (Fsp3) is 0.368. The molecule has 0 saturated carbocycles. The predicted molar refractivity (Wildman–Crippen MR) is 104 cm³/mol. The SMILES string of the molecule is CN1C(=O)c2cccc3c(S(=O)(=O)NCC4(C(N)=O)CCOCC4)ccc1c23. The second-order valence-corrected chi connectivity index (χ2v) is 8.99. The summed E-state index contributed by atoms with van der Waals surface area (Å²) in [6.07, 6.45) is 0.738. The first kappa shape index (κ1) is 18.9. The summed E-state index contributed by atoms with van der Waals surface area (Å²) in [6, 6.07) is 8.15. The Hall–Kier alpha value is -2.49. The van der Waals surface area contributed by atoms with Crippen LogP contribution in [-0.2, 0) is 19.6 Å². The molecule has 2 heterocycles. The maximum absolute atomic E-state index is 13.1. The standard InChI is InChI=1S/C19H21N3O5S/c1-22-14-5-6-15(12-3-2-4-13(16(12)14)17(22)23)28(25,26)21-11-19(18(20)24)7-9-27-10-8-19/h2-6,21H,7-11H2,1H3,(H2,20,24). The summed E-state index contributed by atoms with van der Waals surface area (Å²) in [5.41, 5.74) is 5.76. The van der Waals surface area contributed by atoms with Crippen molar-refractivity contribution < 1.29 is 22.7 Å². The molecule has 2 aromatic carbocycles. The third kappa shape index (κ3) is 2.78. The second-order valence-electron chi connectivity index (χ2n) is 7.26. The van der Waals surface area contributed by atoms with Gasteiger partial charge in [-0.25, -0.2) is 13.1 Å². The number of sulfonamides is 1. The van der Waals surface area contributed by atoms with Crippen molar-refractivity contribution in [1.29, 1.82) is 0 Å². The number of amides is 2. The number of hydrogen-bond acceptors (Lipinski definition) is 5. The highest BCUT2D eigenvalue weighted by Crippen LogP contribution is 2.39. The van der Waals surface area contributed by atoms with Gasteiger partial charge in [-0.2, -0.15) is 0 Å². The summed E-state index contributed by atoms with van der Waals surface area (Å²) in [5, 5.41) is 1.09. The van der Waals surface area contributed by atoms with Crippen LogP contribution < -0.4 is 15.4 Å². The van der Waals surface area contributed by atoms with Gasteiger partial charge in [0.15, 0.2) is 0 Å². The minimum absolute atomic E-state index is 0.0721. The van der Waals surface area contributed by atoms with Gasteiger partial charge in [-0.05, 0) is 31.0 Å². The van der Waals surface area contributed by atoms with E-state index in [2.05, 4.69) is 4.72 Å². The summed E-state index contributed by atoms with van der Waals surface area (Å²) in [5.74, 6) is -0.705. The molecular formula is C19H21N3O5S. The topological polar surface area (TPSA) is 119 Å². The lowest BCUT2D eigenvalue weighted by molar-refractivity contribution is -0.132. The van der Waals surface area contributed by atoms with Crippen molar-refractivity contribution in [1.82, 2.24) is 4.72 Å². The summed E-state index contributed by atoms with van der Waals surface area (Å²) in [7, 11) is -2.27. The molecule has 3 N–H and O–H groups in total. The molecule has 0 spiro atoms. The molecule has 0 unspecified atom stereocenters. The van der Waals surface area contributed by atoms with E-state index in [1.165, 1.54) is 11.0 Å². The zero-order chi connectivity index (χ0) is 20.1. The van der Waals surface area contributed by atoms with Gasteiger partial charge in [0.25, 0.3) is 5.91 Å². The first-order chi connectivity index (χ1) is 13.3. The molecule has 0 aromatic heterocycles. The average molecular weight is 403 g/mol. The number of nitrogens with two attached hydrogens (primary N) is 1. The predicted octanol–water partition coefficient (Wildman–Crippen LogP) is 0.990. The van der Waals surface area contributed by atoms with Gasteiger partial charge in [-0.1, -0.05) is 12.1 Å². The number of carbonyl (C=O) groups excluding carboxylic acids is 2. The molecule has 1 fully saturated rings. The van der Waals surface area contributed by atoms with Gasteiger partial charge in [0.05, 0.1) is 16.0 Å². The van der Waals surface area contributed by atoms with Gasteiger partial charge in [0.2, 0.25) is 15.9 Å². The van der Waals surface area contributed by atoms with Crippen molar-refractivity contribution in [3.63, 3.8) is 0 Å². The van der Waals surface area contributed by atoms with E-state index in [9.17, 15) is 18.0 Å². The second kappa shape index (κ2) is 6.54. The van der Waals surface area contributed by atoms with Crippen molar-refractivity contribution >= 4 is 38.3 Å².